The van der Waals surface area contributed by atoms with Gasteiger partial charge in [-0.3, -0.25) is 0 Å². The lowest BCUT2D eigenvalue weighted by Gasteiger charge is -2.26. The van der Waals surface area contributed by atoms with Crippen LogP contribution >= 0.6 is 0 Å². The molecule has 0 radical (unpaired) electrons. The van der Waals surface area contributed by atoms with Crippen LogP contribution in [0.25, 0.3) is 66.1 Å². The second-order valence-corrected chi connectivity index (χ2v) is 16.2. The maximum atomic E-state index is 4.45. The lowest BCUT2D eigenvalue weighted by atomic mass is 10.0. The molecule has 0 unspecified atom stereocenters. The minimum Gasteiger partial charge on any atom is -0.310 e. The van der Waals surface area contributed by atoms with Gasteiger partial charge in [-0.25, -0.2) is 0 Å². The average Bonchev–Trinajstić information content (AvgIpc) is 3.87. The van der Waals surface area contributed by atoms with E-state index in [1.54, 1.807) is 0 Å². The predicted octanol–water partition coefficient (Wildman–Crippen LogP) is 16.9. The summed E-state index contributed by atoms with van der Waals surface area (Å²) in [5, 5.41) is 4.85. The molecule has 0 saturated heterocycles. The molecule has 0 amide bonds. The van der Waals surface area contributed by atoms with E-state index in [0.717, 1.165) is 74.1 Å². The van der Waals surface area contributed by atoms with Gasteiger partial charge in [0.25, 0.3) is 0 Å². The summed E-state index contributed by atoms with van der Waals surface area (Å²) in [6.07, 6.45) is 5.25. The quantitative estimate of drug-likeness (QED) is 0.121. The molecule has 0 fully saturated rings. The fourth-order valence-electron chi connectivity index (χ4n) is 9.35. The molecule has 306 valence electrons. The molecule has 0 spiro atoms. The highest BCUT2D eigenvalue weighted by atomic mass is 15.1. The first-order valence-corrected chi connectivity index (χ1v) is 22.0. The molecule has 9 aromatic carbocycles. The standard InChI is InChI=1S/C60H46N4/c1-3-4-18-43(2)61-57-27-16-14-25-53(57)55-41-51(37-39-59(55)61)62(46-19-8-5-9-20-46)49-33-29-44(30-34-49)45-31-35-50(36-32-45)63(47-21-10-6-11-22-47)52-38-40-60-56(42-52)54-26-15-17-28-58(54)64(60)48-23-12-7-13-24-48/h4-42H,2-3H2,1H3/b18-4-. The number of rotatable bonds is 11. The van der Waals surface area contributed by atoms with Gasteiger partial charge in [-0.1, -0.05) is 135 Å². The van der Waals surface area contributed by atoms with Crippen LogP contribution in [0.4, 0.5) is 34.1 Å². The Morgan fingerprint density at radius 3 is 1.34 bits per heavy atom. The van der Waals surface area contributed by atoms with Gasteiger partial charge in [0.05, 0.1) is 22.1 Å². The first-order chi connectivity index (χ1) is 31.6. The van der Waals surface area contributed by atoms with Crippen molar-refractivity contribution in [3.05, 3.63) is 243 Å². The molecule has 0 aliphatic carbocycles. The van der Waals surface area contributed by atoms with E-state index in [4.69, 9.17) is 0 Å². The van der Waals surface area contributed by atoms with Crippen molar-refractivity contribution >= 4 is 83.4 Å². The van der Waals surface area contributed by atoms with Crippen molar-refractivity contribution in [2.24, 2.45) is 0 Å². The van der Waals surface area contributed by atoms with Crippen LogP contribution < -0.4 is 9.80 Å². The Hall–Kier alpha value is -8.34. The lowest BCUT2D eigenvalue weighted by Crippen LogP contribution is -2.10. The van der Waals surface area contributed by atoms with Crippen LogP contribution in [0.2, 0.25) is 0 Å². The minimum absolute atomic E-state index is 0.960. The van der Waals surface area contributed by atoms with Gasteiger partial charge in [0.1, 0.15) is 0 Å². The monoisotopic (exact) mass is 822 g/mol. The predicted molar refractivity (Wildman–Crippen MR) is 273 cm³/mol. The van der Waals surface area contributed by atoms with Crippen molar-refractivity contribution in [2.75, 3.05) is 9.80 Å². The van der Waals surface area contributed by atoms with Crippen LogP contribution in [0.1, 0.15) is 13.3 Å². The van der Waals surface area contributed by atoms with Crippen molar-refractivity contribution in [1.82, 2.24) is 9.13 Å². The van der Waals surface area contributed by atoms with E-state index < -0.39 is 0 Å². The van der Waals surface area contributed by atoms with E-state index in [-0.39, 0.29) is 0 Å². The number of fused-ring (bicyclic) bond motifs is 6. The molecular weight excluding hydrogens is 777 g/mol. The van der Waals surface area contributed by atoms with E-state index in [1.165, 1.54) is 32.6 Å². The zero-order valence-corrected chi connectivity index (χ0v) is 35.7. The Kier molecular flexibility index (Phi) is 9.95. The summed E-state index contributed by atoms with van der Waals surface area (Å²) < 4.78 is 4.64. The van der Waals surface area contributed by atoms with Gasteiger partial charge >= 0.3 is 0 Å². The fourth-order valence-corrected chi connectivity index (χ4v) is 9.35. The van der Waals surface area contributed by atoms with E-state index in [1.807, 2.05) is 0 Å². The van der Waals surface area contributed by atoms with Gasteiger partial charge in [0, 0.05) is 67.1 Å². The van der Waals surface area contributed by atoms with E-state index in [2.05, 4.69) is 269 Å². The summed E-state index contributed by atoms with van der Waals surface area (Å²) in [6.45, 7) is 6.60. The minimum atomic E-state index is 0.960. The van der Waals surface area contributed by atoms with Crippen molar-refractivity contribution in [1.29, 1.82) is 0 Å². The molecule has 0 atom stereocenters. The van der Waals surface area contributed by atoms with Gasteiger partial charge in [0.2, 0.25) is 0 Å². The summed E-state index contributed by atoms with van der Waals surface area (Å²) in [4.78, 5) is 4.70. The van der Waals surface area contributed by atoms with Gasteiger partial charge in [-0.05, 0) is 133 Å². The second-order valence-electron chi connectivity index (χ2n) is 16.2. The van der Waals surface area contributed by atoms with Gasteiger partial charge < -0.3 is 18.9 Å². The number of allylic oxidation sites excluding steroid dienone is 3. The summed E-state index contributed by atoms with van der Waals surface area (Å²) in [5.41, 5.74) is 15.7. The highest BCUT2D eigenvalue weighted by Crippen LogP contribution is 2.42. The van der Waals surface area contributed by atoms with Crippen LogP contribution in [-0.2, 0) is 0 Å². The normalized spacial score (nSPS) is 11.6. The number of benzene rings is 9. The van der Waals surface area contributed by atoms with Gasteiger partial charge in [0.15, 0.2) is 0 Å². The molecule has 4 heteroatoms. The third-order valence-electron chi connectivity index (χ3n) is 12.3. The number of hydrogen-bond acceptors (Lipinski definition) is 2. The molecule has 0 N–H and O–H groups in total. The molecule has 0 aliphatic rings. The maximum absolute atomic E-state index is 4.45. The van der Waals surface area contributed by atoms with Crippen molar-refractivity contribution in [3.8, 4) is 16.8 Å². The fraction of sp³-hybridized carbons (Fsp3) is 0.0333. The zero-order valence-electron chi connectivity index (χ0n) is 35.7. The van der Waals surface area contributed by atoms with Crippen LogP contribution in [0.5, 0.6) is 0 Å². The largest absolute Gasteiger partial charge is 0.310 e. The zero-order chi connectivity index (χ0) is 43.0. The number of nitrogens with zero attached hydrogens (tertiary/aromatic N) is 4. The van der Waals surface area contributed by atoms with Crippen LogP contribution in [0, 0.1) is 0 Å². The highest BCUT2D eigenvalue weighted by molar-refractivity contribution is 6.12. The number of aromatic nitrogens is 2. The Bertz CT molecular complexity index is 3470. The highest BCUT2D eigenvalue weighted by Gasteiger charge is 2.19. The number of anilines is 6. The van der Waals surface area contributed by atoms with Gasteiger partial charge in [-0.2, -0.15) is 0 Å². The Morgan fingerprint density at radius 2 is 0.797 bits per heavy atom. The lowest BCUT2D eigenvalue weighted by molar-refractivity contribution is 1.18. The van der Waals surface area contributed by atoms with Crippen LogP contribution in [0.3, 0.4) is 0 Å². The topological polar surface area (TPSA) is 16.3 Å². The summed E-state index contributed by atoms with van der Waals surface area (Å²) >= 11 is 0. The van der Waals surface area contributed by atoms with E-state index >= 15 is 0 Å². The Balaban J connectivity index is 0.947. The van der Waals surface area contributed by atoms with Crippen molar-refractivity contribution in [3.63, 3.8) is 0 Å². The second kappa shape index (κ2) is 16.5. The molecule has 2 aromatic heterocycles. The maximum Gasteiger partial charge on any atom is 0.0542 e. The molecule has 4 nitrogen and oxygen atoms in total. The summed E-state index contributed by atoms with van der Waals surface area (Å²) in [5.74, 6) is 0. The smallest absolute Gasteiger partial charge is 0.0542 e. The van der Waals surface area contributed by atoms with Crippen LogP contribution in [0.15, 0.2) is 243 Å². The molecular formula is C60H46N4. The Morgan fingerprint density at radius 1 is 0.406 bits per heavy atom. The van der Waals surface area contributed by atoms with E-state index in [0.29, 0.717) is 0 Å². The first kappa shape index (κ1) is 38.6. The average molecular weight is 823 g/mol. The summed E-state index contributed by atoms with van der Waals surface area (Å²) in [7, 11) is 0. The van der Waals surface area contributed by atoms with Crippen LogP contribution in [-0.4, -0.2) is 9.13 Å². The number of para-hydroxylation sites is 5. The molecule has 64 heavy (non-hydrogen) atoms. The molecule has 11 rings (SSSR count). The molecule has 2 heterocycles. The van der Waals surface area contributed by atoms with Gasteiger partial charge in [-0.15, -0.1) is 0 Å². The van der Waals surface area contributed by atoms with Crippen molar-refractivity contribution in [2.45, 2.75) is 13.3 Å². The number of hydrogen-bond donors (Lipinski definition) is 0. The molecule has 0 aliphatic heterocycles. The molecule has 11 aromatic rings. The summed E-state index contributed by atoms with van der Waals surface area (Å²) in [6, 6.07) is 80.8. The molecule has 0 bridgehead atoms. The molecule has 0 saturated carbocycles. The SMILES string of the molecule is C=C(/C=C\CC)n1c2ccccc2c2cc(N(c3ccccc3)c3ccc(-c4ccc(N(c5ccccc5)c5ccc6c(c5)c5ccccc5n6-c5ccccc5)cc4)cc3)ccc21. The van der Waals surface area contributed by atoms with E-state index in [9.17, 15) is 0 Å². The third kappa shape index (κ3) is 6.82. The first-order valence-electron chi connectivity index (χ1n) is 22.0. The van der Waals surface area contributed by atoms with Crippen molar-refractivity contribution < 1.29 is 0 Å². The third-order valence-corrected chi connectivity index (χ3v) is 12.3. The Labute approximate surface area is 374 Å².